The van der Waals surface area contributed by atoms with Gasteiger partial charge in [0, 0.05) is 41.5 Å². The highest BCUT2D eigenvalue weighted by Gasteiger charge is 2.17. The van der Waals surface area contributed by atoms with E-state index >= 15 is 0 Å². The first-order chi connectivity index (χ1) is 15.7. The van der Waals surface area contributed by atoms with Gasteiger partial charge in [0.25, 0.3) is 0 Å². The molecule has 0 bridgehead atoms. The smallest absolute Gasteiger partial charge is 0.159 e. The zero-order valence-electron chi connectivity index (χ0n) is 16.8. The molecular formula is C23H15FN8. The van der Waals surface area contributed by atoms with E-state index in [0.717, 1.165) is 27.6 Å². The second-order valence-corrected chi connectivity index (χ2v) is 7.48. The Morgan fingerprint density at radius 2 is 1.75 bits per heavy atom. The summed E-state index contributed by atoms with van der Waals surface area (Å²) in [6.45, 7) is 1.85. The molecule has 0 saturated carbocycles. The molecule has 0 saturated heterocycles. The standard InChI is InChI=1S/C23H15FN8/c1-12-4-13(6-16(24)5-12)19-21-18(2-3-27-19)29-23(30-21)20-17-7-14(10-28-22(17)32-31-20)15-8-25-11-26-9-15/h2-11H,1H3,(H,29,30)(H,28,31,32). The highest BCUT2D eigenvalue weighted by Crippen LogP contribution is 2.31. The number of rotatable bonds is 3. The van der Waals surface area contributed by atoms with Crippen LogP contribution >= 0.6 is 0 Å². The number of halogens is 1. The SMILES string of the molecule is Cc1cc(F)cc(-c2nccc3[nH]c(-c4n[nH]c5ncc(-c6cncnc6)cc45)nc23)c1. The van der Waals surface area contributed by atoms with Crippen molar-refractivity contribution in [3.8, 4) is 33.9 Å². The van der Waals surface area contributed by atoms with Gasteiger partial charge in [-0.25, -0.2) is 24.3 Å². The van der Waals surface area contributed by atoms with Crippen LogP contribution in [0.3, 0.4) is 0 Å². The van der Waals surface area contributed by atoms with Crippen LogP contribution in [-0.2, 0) is 0 Å². The van der Waals surface area contributed by atoms with Gasteiger partial charge in [-0.05, 0) is 42.8 Å². The van der Waals surface area contributed by atoms with Crippen molar-refractivity contribution in [2.24, 2.45) is 0 Å². The number of benzene rings is 1. The molecule has 32 heavy (non-hydrogen) atoms. The molecule has 1 aromatic carbocycles. The van der Waals surface area contributed by atoms with Crippen LogP contribution in [-0.4, -0.2) is 40.1 Å². The number of pyridine rings is 2. The third-order valence-corrected chi connectivity index (χ3v) is 5.25. The van der Waals surface area contributed by atoms with Crippen molar-refractivity contribution in [3.05, 3.63) is 72.8 Å². The Hall–Kier alpha value is -4.53. The summed E-state index contributed by atoms with van der Waals surface area (Å²) >= 11 is 0. The molecule has 0 aliphatic heterocycles. The van der Waals surface area contributed by atoms with Gasteiger partial charge < -0.3 is 4.98 Å². The van der Waals surface area contributed by atoms with E-state index in [4.69, 9.17) is 4.98 Å². The van der Waals surface area contributed by atoms with Gasteiger partial charge >= 0.3 is 0 Å². The molecule has 2 N–H and O–H groups in total. The van der Waals surface area contributed by atoms with Crippen LogP contribution in [0.2, 0.25) is 0 Å². The fraction of sp³-hybridized carbons (Fsp3) is 0.0435. The fourth-order valence-corrected chi connectivity index (χ4v) is 3.82. The van der Waals surface area contributed by atoms with Gasteiger partial charge in [0.05, 0.1) is 16.6 Å². The summed E-state index contributed by atoms with van der Waals surface area (Å²) in [5, 5.41) is 8.19. The van der Waals surface area contributed by atoms with Crippen LogP contribution in [0.15, 0.2) is 61.4 Å². The first-order valence-electron chi connectivity index (χ1n) is 9.88. The molecule has 0 aliphatic carbocycles. The predicted octanol–water partition coefficient (Wildman–Crippen LogP) is 4.47. The maximum atomic E-state index is 14.0. The van der Waals surface area contributed by atoms with E-state index in [1.54, 1.807) is 24.8 Å². The molecular weight excluding hydrogens is 407 g/mol. The van der Waals surface area contributed by atoms with Gasteiger partial charge in [0.2, 0.25) is 0 Å². The molecule has 0 aliphatic rings. The lowest BCUT2D eigenvalue weighted by Gasteiger charge is -2.03. The molecule has 6 rings (SSSR count). The molecule has 154 valence electrons. The molecule has 0 amide bonds. The summed E-state index contributed by atoms with van der Waals surface area (Å²) in [5.74, 6) is 0.258. The number of H-pyrrole nitrogens is 2. The summed E-state index contributed by atoms with van der Waals surface area (Å²) in [6, 6.07) is 8.65. The van der Waals surface area contributed by atoms with Gasteiger partial charge in [0.15, 0.2) is 11.5 Å². The molecule has 5 heterocycles. The Kier molecular flexibility index (Phi) is 4.00. The van der Waals surface area contributed by atoms with E-state index < -0.39 is 0 Å². The minimum absolute atomic E-state index is 0.309. The van der Waals surface area contributed by atoms with Crippen LogP contribution in [0.4, 0.5) is 4.39 Å². The van der Waals surface area contributed by atoms with Gasteiger partial charge in [-0.15, -0.1) is 0 Å². The van der Waals surface area contributed by atoms with Crippen molar-refractivity contribution < 1.29 is 4.39 Å². The molecule has 0 radical (unpaired) electrons. The number of hydrogen-bond acceptors (Lipinski definition) is 6. The van der Waals surface area contributed by atoms with Crippen LogP contribution in [0, 0.1) is 12.7 Å². The molecule has 8 nitrogen and oxygen atoms in total. The first-order valence-corrected chi connectivity index (χ1v) is 9.88. The molecule has 0 atom stereocenters. The molecule has 5 aromatic heterocycles. The Labute approximate surface area is 180 Å². The minimum Gasteiger partial charge on any atom is -0.336 e. The number of aromatic nitrogens is 8. The zero-order chi connectivity index (χ0) is 21.7. The van der Waals surface area contributed by atoms with Crippen molar-refractivity contribution in [1.29, 1.82) is 0 Å². The summed E-state index contributed by atoms with van der Waals surface area (Å²) in [4.78, 5) is 25.2. The molecule has 0 unspecified atom stereocenters. The number of aryl methyl sites for hydroxylation is 1. The third kappa shape index (κ3) is 2.99. The highest BCUT2D eigenvalue weighted by atomic mass is 19.1. The minimum atomic E-state index is -0.309. The summed E-state index contributed by atoms with van der Waals surface area (Å²) < 4.78 is 14.0. The van der Waals surface area contributed by atoms with Gasteiger partial charge in [-0.1, -0.05) is 0 Å². The van der Waals surface area contributed by atoms with E-state index in [-0.39, 0.29) is 5.82 Å². The van der Waals surface area contributed by atoms with E-state index in [1.165, 1.54) is 18.5 Å². The van der Waals surface area contributed by atoms with Crippen LogP contribution < -0.4 is 0 Å². The van der Waals surface area contributed by atoms with E-state index in [1.807, 2.05) is 25.1 Å². The average Bonchev–Trinajstić information content (AvgIpc) is 3.42. The number of fused-ring (bicyclic) bond motifs is 2. The summed E-state index contributed by atoms with van der Waals surface area (Å²) in [5.41, 5.74) is 6.51. The van der Waals surface area contributed by atoms with Crippen molar-refractivity contribution in [3.63, 3.8) is 0 Å². The second kappa shape index (κ2) is 7.02. The Bertz CT molecular complexity index is 1580. The largest absolute Gasteiger partial charge is 0.336 e. The van der Waals surface area contributed by atoms with E-state index in [0.29, 0.717) is 33.9 Å². The lowest BCUT2D eigenvalue weighted by molar-refractivity contribution is 0.627. The zero-order valence-corrected chi connectivity index (χ0v) is 16.8. The Morgan fingerprint density at radius 1 is 0.875 bits per heavy atom. The van der Waals surface area contributed by atoms with Gasteiger partial charge in [-0.2, -0.15) is 5.10 Å². The quantitative estimate of drug-likeness (QED) is 0.436. The normalized spacial score (nSPS) is 11.4. The van der Waals surface area contributed by atoms with Crippen LogP contribution in [0.5, 0.6) is 0 Å². The van der Waals surface area contributed by atoms with Gasteiger partial charge in [0.1, 0.15) is 23.4 Å². The van der Waals surface area contributed by atoms with Crippen molar-refractivity contribution in [2.75, 3.05) is 0 Å². The number of nitrogens with one attached hydrogen (secondary N) is 2. The maximum Gasteiger partial charge on any atom is 0.159 e. The van der Waals surface area contributed by atoms with Crippen molar-refractivity contribution >= 4 is 22.1 Å². The lowest BCUT2D eigenvalue weighted by atomic mass is 10.1. The topological polar surface area (TPSA) is 109 Å². The second-order valence-electron chi connectivity index (χ2n) is 7.48. The van der Waals surface area contributed by atoms with Crippen molar-refractivity contribution in [1.82, 2.24) is 40.1 Å². The number of hydrogen-bond donors (Lipinski definition) is 2. The molecule has 0 fully saturated rings. The van der Waals surface area contributed by atoms with E-state index in [2.05, 4.69) is 35.1 Å². The molecule has 0 spiro atoms. The molecule has 6 aromatic rings. The van der Waals surface area contributed by atoms with Crippen molar-refractivity contribution in [2.45, 2.75) is 6.92 Å². The number of nitrogens with zero attached hydrogens (tertiary/aromatic N) is 6. The number of aromatic amines is 2. The van der Waals surface area contributed by atoms with Crippen LogP contribution in [0.25, 0.3) is 56.0 Å². The Balaban J connectivity index is 1.52. The fourth-order valence-electron chi connectivity index (χ4n) is 3.82. The monoisotopic (exact) mass is 422 g/mol. The highest BCUT2D eigenvalue weighted by molar-refractivity contribution is 5.96. The molecule has 9 heteroatoms. The van der Waals surface area contributed by atoms with E-state index in [9.17, 15) is 4.39 Å². The maximum absolute atomic E-state index is 14.0. The van der Waals surface area contributed by atoms with Gasteiger partial charge in [-0.3, -0.25) is 10.1 Å². The van der Waals surface area contributed by atoms with Crippen LogP contribution in [0.1, 0.15) is 5.56 Å². The Morgan fingerprint density at radius 3 is 2.59 bits per heavy atom. The first kappa shape index (κ1) is 18.3. The predicted molar refractivity (Wildman–Crippen MR) is 118 cm³/mol. The summed E-state index contributed by atoms with van der Waals surface area (Å²) in [6.07, 6.45) is 8.37. The third-order valence-electron chi connectivity index (χ3n) is 5.25. The summed E-state index contributed by atoms with van der Waals surface area (Å²) in [7, 11) is 0. The number of imidazole rings is 1. The lowest BCUT2D eigenvalue weighted by Crippen LogP contribution is -1.88. The average molecular weight is 422 g/mol.